The van der Waals surface area contributed by atoms with Gasteiger partial charge in [-0.3, -0.25) is 14.9 Å². The Morgan fingerprint density at radius 2 is 2.00 bits per heavy atom. The van der Waals surface area contributed by atoms with Crippen molar-refractivity contribution in [1.29, 1.82) is 0 Å². The maximum atomic E-state index is 11.1. The number of hydrogen-bond donors (Lipinski definition) is 1. The van der Waals surface area contributed by atoms with Crippen molar-refractivity contribution in [3.8, 4) is 0 Å². The largest absolute Gasteiger partial charge is 0.316 e. The molecule has 0 fully saturated rings. The first kappa shape index (κ1) is 9.85. The van der Waals surface area contributed by atoms with Crippen LogP contribution in [0.15, 0.2) is 33.5 Å². The number of H-pyrrole nitrogens is 1. The van der Waals surface area contributed by atoms with Gasteiger partial charge < -0.3 is 4.98 Å². The van der Waals surface area contributed by atoms with Gasteiger partial charge in [0.2, 0.25) is 5.56 Å². The Balaban J connectivity index is 2.96. The van der Waals surface area contributed by atoms with E-state index in [0.29, 0.717) is 9.86 Å². The maximum Gasteiger partial charge on any atom is 0.293 e. The molecule has 0 radical (unpaired) electrons. The molecule has 1 heterocycles. The number of non-ortho nitro benzene ring substituents is 1. The molecule has 15 heavy (non-hydrogen) atoms. The lowest BCUT2D eigenvalue weighted by atomic mass is 10.2. The molecule has 0 aliphatic heterocycles. The van der Waals surface area contributed by atoms with Crippen molar-refractivity contribution in [2.24, 2.45) is 0 Å². The van der Waals surface area contributed by atoms with Crippen molar-refractivity contribution in [3.63, 3.8) is 0 Å². The molecular weight excluding hydrogens is 264 g/mol. The van der Waals surface area contributed by atoms with Crippen LogP contribution < -0.4 is 5.56 Å². The van der Waals surface area contributed by atoms with Gasteiger partial charge in [-0.05, 0) is 12.1 Å². The zero-order valence-corrected chi connectivity index (χ0v) is 8.95. The summed E-state index contributed by atoms with van der Waals surface area (Å²) in [5.41, 5.74) is -0.225. The highest BCUT2D eigenvalue weighted by Crippen LogP contribution is 2.28. The molecule has 5 nitrogen and oxygen atoms in total. The SMILES string of the molecule is O=c1ccc2c(Br)ccc([N+](=O)[O-])c2[nH]1. The van der Waals surface area contributed by atoms with Crippen LogP contribution in [0, 0.1) is 10.1 Å². The lowest BCUT2D eigenvalue weighted by Crippen LogP contribution is -2.04. The summed E-state index contributed by atoms with van der Waals surface area (Å²) >= 11 is 3.26. The molecule has 0 saturated carbocycles. The van der Waals surface area contributed by atoms with Crippen molar-refractivity contribution >= 4 is 32.5 Å². The predicted octanol–water partition coefficient (Wildman–Crippen LogP) is 2.20. The number of nitrogens with zero attached hydrogens (tertiary/aromatic N) is 1. The Kier molecular flexibility index (Phi) is 2.28. The molecule has 0 amide bonds. The van der Waals surface area contributed by atoms with Gasteiger partial charge in [0.05, 0.1) is 4.92 Å². The number of nitro benzene ring substituents is 1. The summed E-state index contributed by atoms with van der Waals surface area (Å²) in [4.78, 5) is 23.7. The molecule has 0 aliphatic carbocycles. The molecule has 1 N–H and O–H groups in total. The summed E-state index contributed by atoms with van der Waals surface area (Å²) in [6.07, 6.45) is 0. The van der Waals surface area contributed by atoms with E-state index in [2.05, 4.69) is 20.9 Å². The second-order valence-corrected chi connectivity index (χ2v) is 3.79. The van der Waals surface area contributed by atoms with Crippen molar-refractivity contribution < 1.29 is 4.92 Å². The van der Waals surface area contributed by atoms with Crippen LogP contribution in [-0.4, -0.2) is 9.91 Å². The van der Waals surface area contributed by atoms with E-state index in [1.165, 1.54) is 12.1 Å². The van der Waals surface area contributed by atoms with Crippen molar-refractivity contribution in [2.75, 3.05) is 0 Å². The Morgan fingerprint density at radius 1 is 1.27 bits per heavy atom. The number of benzene rings is 1. The smallest absolute Gasteiger partial charge is 0.293 e. The lowest BCUT2D eigenvalue weighted by molar-refractivity contribution is -0.383. The monoisotopic (exact) mass is 268 g/mol. The molecule has 0 atom stereocenters. The molecule has 1 aromatic carbocycles. The van der Waals surface area contributed by atoms with Gasteiger partial charge in [-0.2, -0.15) is 0 Å². The zero-order valence-electron chi connectivity index (χ0n) is 7.36. The van der Waals surface area contributed by atoms with Crippen LogP contribution in [-0.2, 0) is 0 Å². The quantitative estimate of drug-likeness (QED) is 0.636. The number of aromatic nitrogens is 1. The molecule has 0 unspecified atom stereocenters. The Labute approximate surface area is 92.0 Å². The molecule has 0 aliphatic rings. The number of pyridine rings is 1. The highest BCUT2D eigenvalue weighted by molar-refractivity contribution is 9.10. The van der Waals surface area contributed by atoms with Crippen LogP contribution >= 0.6 is 15.9 Å². The molecule has 0 saturated heterocycles. The number of hydrogen-bond acceptors (Lipinski definition) is 3. The molecule has 0 bridgehead atoms. The normalized spacial score (nSPS) is 10.5. The van der Waals surface area contributed by atoms with Gasteiger partial charge in [-0.15, -0.1) is 0 Å². The number of fused-ring (bicyclic) bond motifs is 1. The van der Waals surface area contributed by atoms with E-state index in [1.807, 2.05) is 0 Å². The highest BCUT2D eigenvalue weighted by atomic mass is 79.9. The number of nitro groups is 1. The van der Waals surface area contributed by atoms with E-state index in [-0.39, 0.29) is 16.8 Å². The zero-order chi connectivity index (χ0) is 11.0. The average Bonchev–Trinajstić information content (AvgIpc) is 2.17. The minimum absolute atomic E-state index is 0.106. The average molecular weight is 269 g/mol. The van der Waals surface area contributed by atoms with Crippen LogP contribution in [0.1, 0.15) is 0 Å². The summed E-state index contributed by atoms with van der Waals surface area (Å²) in [5.74, 6) is 0. The third kappa shape index (κ3) is 1.63. The van der Waals surface area contributed by atoms with E-state index >= 15 is 0 Å². The lowest BCUT2D eigenvalue weighted by Gasteiger charge is -2.00. The molecule has 2 aromatic rings. The van der Waals surface area contributed by atoms with Gasteiger partial charge in [0.25, 0.3) is 5.69 Å². The van der Waals surface area contributed by atoms with Gasteiger partial charge in [0.1, 0.15) is 5.52 Å². The minimum atomic E-state index is -0.523. The Bertz CT molecular complexity index is 606. The van der Waals surface area contributed by atoms with Crippen molar-refractivity contribution in [2.45, 2.75) is 0 Å². The Hall–Kier alpha value is -1.69. The number of aromatic amines is 1. The summed E-state index contributed by atoms with van der Waals surface area (Å²) in [7, 11) is 0. The molecule has 76 valence electrons. The molecule has 2 rings (SSSR count). The second-order valence-electron chi connectivity index (χ2n) is 2.93. The first-order chi connectivity index (χ1) is 7.09. The van der Waals surface area contributed by atoms with Gasteiger partial charge in [0, 0.05) is 22.0 Å². The summed E-state index contributed by atoms with van der Waals surface area (Å²) in [5, 5.41) is 11.3. The maximum absolute atomic E-state index is 11.1. The fraction of sp³-hybridized carbons (Fsp3) is 0. The van der Waals surface area contributed by atoms with E-state index in [1.54, 1.807) is 12.1 Å². The van der Waals surface area contributed by atoms with E-state index in [0.717, 1.165) is 0 Å². The van der Waals surface area contributed by atoms with E-state index in [9.17, 15) is 14.9 Å². The first-order valence-electron chi connectivity index (χ1n) is 4.05. The first-order valence-corrected chi connectivity index (χ1v) is 4.85. The fourth-order valence-electron chi connectivity index (χ4n) is 1.35. The van der Waals surface area contributed by atoms with Crippen LogP contribution in [0.3, 0.4) is 0 Å². The number of nitrogens with one attached hydrogen (secondary N) is 1. The van der Waals surface area contributed by atoms with Crippen LogP contribution in [0.25, 0.3) is 10.9 Å². The minimum Gasteiger partial charge on any atom is -0.316 e. The summed E-state index contributed by atoms with van der Waals surface area (Å²) in [6, 6.07) is 5.81. The van der Waals surface area contributed by atoms with Gasteiger partial charge in [0.15, 0.2) is 0 Å². The predicted molar refractivity (Wildman–Crippen MR) is 58.9 cm³/mol. The van der Waals surface area contributed by atoms with Gasteiger partial charge in [-0.1, -0.05) is 15.9 Å². The number of halogens is 1. The molecular formula is C9H5BrN2O3. The summed E-state index contributed by atoms with van der Waals surface area (Å²) in [6.45, 7) is 0. The van der Waals surface area contributed by atoms with E-state index in [4.69, 9.17) is 0 Å². The van der Waals surface area contributed by atoms with Gasteiger partial charge in [-0.25, -0.2) is 0 Å². The topological polar surface area (TPSA) is 76.0 Å². The summed E-state index contributed by atoms with van der Waals surface area (Å²) < 4.78 is 0.708. The standard InChI is InChI=1S/C9H5BrN2O3/c10-6-2-3-7(12(14)15)9-5(6)1-4-8(13)11-9/h1-4H,(H,11,13). The van der Waals surface area contributed by atoms with Crippen LogP contribution in [0.4, 0.5) is 5.69 Å². The van der Waals surface area contributed by atoms with Gasteiger partial charge >= 0.3 is 0 Å². The fourth-order valence-corrected chi connectivity index (χ4v) is 1.82. The van der Waals surface area contributed by atoms with Crippen LogP contribution in [0.5, 0.6) is 0 Å². The third-order valence-electron chi connectivity index (χ3n) is 2.02. The molecule has 6 heteroatoms. The van der Waals surface area contributed by atoms with Crippen LogP contribution in [0.2, 0.25) is 0 Å². The van der Waals surface area contributed by atoms with Crippen molar-refractivity contribution in [1.82, 2.24) is 4.98 Å². The Morgan fingerprint density at radius 3 is 2.67 bits per heavy atom. The second kappa shape index (κ2) is 3.47. The third-order valence-corrected chi connectivity index (χ3v) is 2.71. The number of rotatable bonds is 1. The highest BCUT2D eigenvalue weighted by Gasteiger charge is 2.13. The molecule has 1 aromatic heterocycles. The molecule has 0 spiro atoms. The van der Waals surface area contributed by atoms with Crippen molar-refractivity contribution in [3.05, 3.63) is 49.2 Å². The van der Waals surface area contributed by atoms with E-state index < -0.39 is 4.92 Å².